The maximum absolute atomic E-state index is 12.9. The molecule has 0 radical (unpaired) electrons. The number of carbonyl (C=O) groups is 4. The van der Waals surface area contributed by atoms with Crippen molar-refractivity contribution in [2.75, 3.05) is 39.6 Å². The average molecular weight is 1130 g/mol. The molecule has 0 fully saturated rings. The van der Waals surface area contributed by atoms with E-state index >= 15 is 0 Å². The lowest BCUT2D eigenvalue weighted by Gasteiger charge is -2.21. The highest BCUT2D eigenvalue weighted by Gasteiger charge is 2.30. The van der Waals surface area contributed by atoms with E-state index < -0.39 is 97.5 Å². The normalized spacial score (nSPS) is 14.4. The molecule has 0 aromatic heterocycles. The predicted octanol–water partition coefficient (Wildman–Crippen LogP) is 15.1. The lowest BCUT2D eigenvalue weighted by Crippen LogP contribution is -2.30. The lowest BCUT2D eigenvalue weighted by atomic mass is 10.0. The van der Waals surface area contributed by atoms with Crippen LogP contribution in [0.4, 0.5) is 0 Å². The standard InChI is InChI=1S/C57H110O17P2/c1-6-9-12-15-26-32-36-41-55(60)68-47-53(74-57(62)43-38-33-28-25-23-21-19-17-16-18-20-22-24-27-31-34-39-50(4)5)49-72-76(65,66)70-45-51(58)44-69-75(63,64)71-48-52(73-56(61)42-37-30-14-11-8-3)46-67-54(59)40-35-29-13-10-7-2/h50-53,58H,6-49H2,1-5H3,(H,63,64)(H,65,66)/t51-,52+,53+/m0/s1. The second-order valence-electron chi connectivity index (χ2n) is 21.2. The maximum atomic E-state index is 12.9. The first kappa shape index (κ1) is 74.1. The van der Waals surface area contributed by atoms with Crippen LogP contribution in [-0.4, -0.2) is 96.7 Å². The van der Waals surface area contributed by atoms with Gasteiger partial charge in [0.25, 0.3) is 0 Å². The quantitative estimate of drug-likeness (QED) is 0.0222. The minimum absolute atomic E-state index is 0.0987. The van der Waals surface area contributed by atoms with Crippen molar-refractivity contribution >= 4 is 39.5 Å². The van der Waals surface area contributed by atoms with Crippen molar-refractivity contribution in [2.24, 2.45) is 5.92 Å². The molecule has 0 saturated heterocycles. The van der Waals surface area contributed by atoms with E-state index in [0.717, 1.165) is 115 Å². The molecule has 0 spiro atoms. The van der Waals surface area contributed by atoms with Crippen LogP contribution in [0, 0.1) is 5.92 Å². The van der Waals surface area contributed by atoms with Crippen molar-refractivity contribution < 1.29 is 80.2 Å². The third-order valence-corrected chi connectivity index (χ3v) is 14.9. The third-order valence-electron chi connectivity index (χ3n) is 13.0. The number of esters is 4. The molecule has 19 heteroatoms. The molecule has 0 aromatic carbocycles. The van der Waals surface area contributed by atoms with Gasteiger partial charge in [0.05, 0.1) is 26.4 Å². The third kappa shape index (κ3) is 51.5. The second kappa shape index (κ2) is 51.2. The number of phosphoric ester groups is 2. The Labute approximate surface area is 460 Å². The summed E-state index contributed by atoms with van der Waals surface area (Å²) in [6, 6.07) is 0. The molecule has 76 heavy (non-hydrogen) atoms. The smallest absolute Gasteiger partial charge is 0.462 e. The Hall–Kier alpha value is -1.94. The average Bonchev–Trinajstić information content (AvgIpc) is 3.38. The Morgan fingerprint density at radius 1 is 0.355 bits per heavy atom. The summed E-state index contributed by atoms with van der Waals surface area (Å²) in [6.07, 6.45) is 33.1. The fourth-order valence-corrected chi connectivity index (χ4v) is 9.92. The van der Waals surface area contributed by atoms with Gasteiger partial charge in [-0.1, -0.05) is 227 Å². The number of carbonyl (C=O) groups excluding carboxylic acids is 4. The monoisotopic (exact) mass is 1130 g/mol. The second-order valence-corrected chi connectivity index (χ2v) is 24.1. The number of hydrogen-bond donors (Lipinski definition) is 3. The van der Waals surface area contributed by atoms with Gasteiger partial charge in [0, 0.05) is 25.7 Å². The van der Waals surface area contributed by atoms with E-state index in [2.05, 4.69) is 34.6 Å². The number of hydrogen-bond acceptors (Lipinski definition) is 15. The Morgan fingerprint density at radius 3 is 0.895 bits per heavy atom. The molecular weight excluding hydrogens is 1020 g/mol. The molecule has 0 saturated carbocycles. The van der Waals surface area contributed by atoms with E-state index in [9.17, 15) is 43.2 Å². The topological polar surface area (TPSA) is 237 Å². The van der Waals surface area contributed by atoms with E-state index in [-0.39, 0.29) is 25.7 Å². The Kier molecular flexibility index (Phi) is 49.9. The molecule has 17 nitrogen and oxygen atoms in total. The van der Waals surface area contributed by atoms with E-state index in [1.165, 1.54) is 83.5 Å². The first-order valence-electron chi connectivity index (χ1n) is 30.1. The molecule has 0 rings (SSSR count). The zero-order valence-corrected chi connectivity index (χ0v) is 50.2. The van der Waals surface area contributed by atoms with E-state index in [1.54, 1.807) is 0 Å². The fraction of sp³-hybridized carbons (Fsp3) is 0.930. The highest BCUT2D eigenvalue weighted by Crippen LogP contribution is 2.45. The van der Waals surface area contributed by atoms with Crippen molar-refractivity contribution in [1.29, 1.82) is 0 Å². The predicted molar refractivity (Wildman–Crippen MR) is 298 cm³/mol. The van der Waals surface area contributed by atoms with Crippen LogP contribution >= 0.6 is 15.6 Å². The van der Waals surface area contributed by atoms with Gasteiger partial charge in [0.1, 0.15) is 19.3 Å². The summed E-state index contributed by atoms with van der Waals surface area (Å²) in [6.45, 7) is 6.94. The molecule has 0 aromatic rings. The van der Waals surface area contributed by atoms with Crippen LogP contribution in [0.5, 0.6) is 0 Å². The SMILES string of the molecule is CCCCCCCCCC(=O)OC[C@H](COP(=O)(O)OC[C@@H](O)COP(=O)(O)OC[C@@H](COC(=O)CCCCCCC)OC(=O)CCCCCCC)OC(=O)CCCCCCCCCCCCCCCCCCC(C)C. The van der Waals surface area contributed by atoms with Gasteiger partial charge in [0.15, 0.2) is 12.2 Å². The van der Waals surface area contributed by atoms with E-state index in [0.29, 0.717) is 25.7 Å². The molecule has 0 heterocycles. The summed E-state index contributed by atoms with van der Waals surface area (Å²) in [5, 5.41) is 10.4. The zero-order valence-electron chi connectivity index (χ0n) is 48.4. The van der Waals surface area contributed by atoms with Crippen LogP contribution in [0.1, 0.15) is 279 Å². The fourth-order valence-electron chi connectivity index (χ4n) is 8.34. The van der Waals surface area contributed by atoms with Gasteiger partial charge in [0.2, 0.25) is 0 Å². The summed E-state index contributed by atoms with van der Waals surface area (Å²) < 4.78 is 67.2. The largest absolute Gasteiger partial charge is 0.472 e. The molecule has 450 valence electrons. The highest BCUT2D eigenvalue weighted by atomic mass is 31.2. The van der Waals surface area contributed by atoms with Crippen molar-refractivity contribution in [2.45, 2.75) is 297 Å². The van der Waals surface area contributed by atoms with Gasteiger partial charge in [-0.2, -0.15) is 0 Å². The van der Waals surface area contributed by atoms with Crippen LogP contribution < -0.4 is 0 Å². The Bertz CT molecular complexity index is 1500. The minimum atomic E-state index is -4.93. The first-order valence-corrected chi connectivity index (χ1v) is 33.1. The summed E-state index contributed by atoms with van der Waals surface area (Å²) in [5.41, 5.74) is 0. The molecule has 5 atom stereocenters. The summed E-state index contributed by atoms with van der Waals surface area (Å²) in [7, 11) is -9.85. The Balaban J connectivity index is 5.00. The number of unbranched alkanes of at least 4 members (excludes halogenated alkanes) is 29. The van der Waals surface area contributed by atoms with Gasteiger partial charge in [-0.15, -0.1) is 0 Å². The van der Waals surface area contributed by atoms with E-state index in [1.807, 2.05) is 0 Å². The number of ether oxygens (including phenoxy) is 4. The van der Waals surface area contributed by atoms with Crippen LogP contribution in [0.3, 0.4) is 0 Å². The summed E-state index contributed by atoms with van der Waals surface area (Å²) in [4.78, 5) is 71.2. The molecular formula is C57H110O17P2. The zero-order chi connectivity index (χ0) is 56.4. The molecule has 3 N–H and O–H groups in total. The number of rotatable bonds is 57. The maximum Gasteiger partial charge on any atom is 0.472 e. The summed E-state index contributed by atoms with van der Waals surface area (Å²) in [5.74, 6) is -1.36. The van der Waals surface area contributed by atoms with Crippen molar-refractivity contribution in [3.8, 4) is 0 Å². The van der Waals surface area contributed by atoms with Crippen LogP contribution in [0.25, 0.3) is 0 Å². The molecule has 0 aliphatic heterocycles. The molecule has 2 unspecified atom stereocenters. The van der Waals surface area contributed by atoms with Crippen LogP contribution in [0.2, 0.25) is 0 Å². The molecule has 0 aliphatic carbocycles. The van der Waals surface area contributed by atoms with Crippen molar-refractivity contribution in [3.05, 3.63) is 0 Å². The van der Waals surface area contributed by atoms with Gasteiger partial charge < -0.3 is 33.8 Å². The van der Waals surface area contributed by atoms with Gasteiger partial charge in [-0.05, 0) is 31.6 Å². The number of phosphoric acid groups is 2. The van der Waals surface area contributed by atoms with Crippen molar-refractivity contribution in [3.63, 3.8) is 0 Å². The number of aliphatic hydroxyl groups excluding tert-OH is 1. The molecule has 0 aliphatic rings. The summed E-state index contributed by atoms with van der Waals surface area (Å²) >= 11 is 0. The lowest BCUT2D eigenvalue weighted by molar-refractivity contribution is -0.161. The van der Waals surface area contributed by atoms with Gasteiger partial charge in [-0.3, -0.25) is 37.3 Å². The minimum Gasteiger partial charge on any atom is -0.462 e. The van der Waals surface area contributed by atoms with Crippen LogP contribution in [0.15, 0.2) is 0 Å². The number of aliphatic hydroxyl groups is 1. The highest BCUT2D eigenvalue weighted by molar-refractivity contribution is 7.47. The van der Waals surface area contributed by atoms with Crippen LogP contribution in [-0.2, 0) is 65.4 Å². The van der Waals surface area contributed by atoms with Gasteiger partial charge in [-0.25, -0.2) is 9.13 Å². The molecule has 0 amide bonds. The Morgan fingerprint density at radius 2 is 0.605 bits per heavy atom. The van der Waals surface area contributed by atoms with Gasteiger partial charge >= 0.3 is 39.5 Å². The first-order chi connectivity index (χ1) is 36.5. The molecule has 0 bridgehead atoms. The van der Waals surface area contributed by atoms with E-state index in [4.69, 9.17) is 37.0 Å². The van der Waals surface area contributed by atoms with Crippen molar-refractivity contribution in [1.82, 2.24) is 0 Å².